The van der Waals surface area contributed by atoms with Crippen LogP contribution in [0, 0.1) is 18.8 Å². The Hall–Kier alpha value is -2.51. The summed E-state index contributed by atoms with van der Waals surface area (Å²) in [5.41, 5.74) is 3.33. The molecule has 0 aromatic carbocycles. The standard InChI is InChI=1S/C17H17N3O.C2H6/c1-4-7-15-13(2)12-18-17(20-15)16-10-5-8-14(19-16)9-6-11-21-3;1-2/h4-5,7-8,10,12H,11H2,1-3H3;1-2H3/b7-4-;. The second kappa shape index (κ2) is 10.3. The van der Waals surface area contributed by atoms with Gasteiger partial charge in [0.05, 0.1) is 5.69 Å². The van der Waals surface area contributed by atoms with E-state index < -0.39 is 0 Å². The first kappa shape index (κ1) is 18.5. The van der Waals surface area contributed by atoms with E-state index in [4.69, 9.17) is 4.74 Å². The zero-order valence-electron chi connectivity index (χ0n) is 14.4. The minimum absolute atomic E-state index is 0.387. The summed E-state index contributed by atoms with van der Waals surface area (Å²) in [4.78, 5) is 13.4. The number of nitrogens with zero attached hydrogens (tertiary/aromatic N) is 3. The van der Waals surface area contributed by atoms with Crippen molar-refractivity contribution in [1.82, 2.24) is 15.0 Å². The van der Waals surface area contributed by atoms with E-state index >= 15 is 0 Å². The molecule has 0 saturated carbocycles. The molecule has 0 spiro atoms. The third-order valence-electron chi connectivity index (χ3n) is 2.75. The number of hydrogen-bond donors (Lipinski definition) is 0. The monoisotopic (exact) mass is 309 g/mol. The fourth-order valence-corrected chi connectivity index (χ4v) is 1.73. The van der Waals surface area contributed by atoms with Crippen LogP contribution in [-0.2, 0) is 4.74 Å². The predicted molar refractivity (Wildman–Crippen MR) is 94.8 cm³/mol. The van der Waals surface area contributed by atoms with Gasteiger partial charge in [-0.05, 0) is 43.5 Å². The Labute approximate surface area is 138 Å². The number of pyridine rings is 1. The molecule has 4 nitrogen and oxygen atoms in total. The summed E-state index contributed by atoms with van der Waals surface area (Å²) in [5.74, 6) is 6.44. The largest absolute Gasteiger partial charge is 0.372 e. The number of aryl methyl sites for hydroxylation is 1. The van der Waals surface area contributed by atoms with E-state index in [-0.39, 0.29) is 0 Å². The van der Waals surface area contributed by atoms with Crippen molar-refractivity contribution in [2.24, 2.45) is 0 Å². The number of aromatic nitrogens is 3. The zero-order chi connectivity index (χ0) is 17.1. The summed E-state index contributed by atoms with van der Waals surface area (Å²) < 4.78 is 4.90. The molecule has 2 aromatic heterocycles. The molecule has 120 valence electrons. The lowest BCUT2D eigenvalue weighted by molar-refractivity contribution is 0.240. The predicted octanol–water partition coefficient (Wildman–Crippen LogP) is 3.90. The SMILES string of the molecule is C/C=C\c1nc(-c2cccc(C#CCOC)n2)ncc1C.CC. The van der Waals surface area contributed by atoms with Crippen LogP contribution in [0.4, 0.5) is 0 Å². The van der Waals surface area contributed by atoms with E-state index in [1.165, 1.54) is 0 Å². The number of methoxy groups -OCH3 is 1. The molecule has 0 aliphatic carbocycles. The zero-order valence-corrected chi connectivity index (χ0v) is 14.4. The molecule has 0 atom stereocenters. The maximum absolute atomic E-state index is 4.90. The van der Waals surface area contributed by atoms with Gasteiger partial charge in [-0.1, -0.05) is 31.9 Å². The summed E-state index contributed by atoms with van der Waals surface area (Å²) in [5, 5.41) is 0. The van der Waals surface area contributed by atoms with Crippen LogP contribution in [0.3, 0.4) is 0 Å². The van der Waals surface area contributed by atoms with Gasteiger partial charge in [-0.15, -0.1) is 0 Å². The summed E-state index contributed by atoms with van der Waals surface area (Å²) in [7, 11) is 1.61. The maximum Gasteiger partial charge on any atom is 0.178 e. The van der Waals surface area contributed by atoms with Crippen LogP contribution in [0.2, 0.25) is 0 Å². The van der Waals surface area contributed by atoms with Crippen molar-refractivity contribution < 1.29 is 4.74 Å². The van der Waals surface area contributed by atoms with Crippen molar-refractivity contribution in [1.29, 1.82) is 0 Å². The van der Waals surface area contributed by atoms with Gasteiger partial charge in [-0.25, -0.2) is 15.0 Å². The molecule has 0 radical (unpaired) electrons. The van der Waals surface area contributed by atoms with Crippen LogP contribution in [0.5, 0.6) is 0 Å². The van der Waals surface area contributed by atoms with Gasteiger partial charge >= 0.3 is 0 Å². The first-order valence-corrected chi connectivity index (χ1v) is 7.66. The fraction of sp³-hybridized carbons (Fsp3) is 0.316. The normalized spacial score (nSPS) is 9.78. The Kier molecular flexibility index (Phi) is 8.27. The average Bonchev–Trinajstić information content (AvgIpc) is 2.59. The van der Waals surface area contributed by atoms with Gasteiger partial charge < -0.3 is 4.74 Å². The Morgan fingerprint density at radius 1 is 1.22 bits per heavy atom. The molecule has 2 aromatic rings. The highest BCUT2D eigenvalue weighted by atomic mass is 16.5. The van der Waals surface area contributed by atoms with Gasteiger partial charge in [0, 0.05) is 13.3 Å². The van der Waals surface area contributed by atoms with Crippen LogP contribution in [-0.4, -0.2) is 28.7 Å². The van der Waals surface area contributed by atoms with E-state index in [0.29, 0.717) is 23.8 Å². The van der Waals surface area contributed by atoms with E-state index in [1.807, 2.05) is 64.2 Å². The molecule has 0 bridgehead atoms. The molecular weight excluding hydrogens is 286 g/mol. The van der Waals surface area contributed by atoms with Crippen LogP contribution >= 0.6 is 0 Å². The molecule has 0 aliphatic rings. The molecular formula is C19H23N3O. The second-order valence-corrected chi connectivity index (χ2v) is 4.40. The highest BCUT2D eigenvalue weighted by Gasteiger charge is 2.06. The fourth-order valence-electron chi connectivity index (χ4n) is 1.73. The second-order valence-electron chi connectivity index (χ2n) is 4.40. The summed E-state index contributed by atoms with van der Waals surface area (Å²) in [6, 6.07) is 5.64. The molecule has 2 heterocycles. The first-order valence-electron chi connectivity index (χ1n) is 7.66. The molecule has 0 fully saturated rings. The third kappa shape index (κ3) is 5.65. The smallest absolute Gasteiger partial charge is 0.178 e. The Bertz CT molecular complexity index is 712. The van der Waals surface area contributed by atoms with Crippen molar-refractivity contribution >= 4 is 6.08 Å². The van der Waals surface area contributed by atoms with E-state index in [0.717, 1.165) is 11.3 Å². The quantitative estimate of drug-likeness (QED) is 0.807. The average molecular weight is 309 g/mol. The van der Waals surface area contributed by atoms with E-state index in [1.54, 1.807) is 7.11 Å². The summed E-state index contributed by atoms with van der Waals surface area (Å²) in [6.07, 6.45) is 5.73. The Morgan fingerprint density at radius 3 is 2.70 bits per heavy atom. The third-order valence-corrected chi connectivity index (χ3v) is 2.75. The molecule has 0 aliphatic heterocycles. The highest BCUT2D eigenvalue weighted by molar-refractivity contribution is 5.55. The van der Waals surface area contributed by atoms with Gasteiger partial charge in [0.1, 0.15) is 18.0 Å². The number of allylic oxidation sites excluding steroid dienone is 1. The molecule has 0 unspecified atom stereocenters. The molecule has 0 amide bonds. The maximum atomic E-state index is 4.90. The first-order chi connectivity index (χ1) is 11.2. The van der Waals surface area contributed by atoms with Crippen molar-refractivity contribution in [3.8, 4) is 23.4 Å². The Balaban J connectivity index is 0.00000127. The lowest BCUT2D eigenvalue weighted by Crippen LogP contribution is -1.97. The molecule has 23 heavy (non-hydrogen) atoms. The number of hydrogen-bond acceptors (Lipinski definition) is 4. The summed E-state index contributed by atoms with van der Waals surface area (Å²) >= 11 is 0. The molecule has 0 saturated heterocycles. The number of ether oxygens (including phenoxy) is 1. The lowest BCUT2D eigenvalue weighted by Gasteiger charge is -2.03. The van der Waals surface area contributed by atoms with Gasteiger partial charge in [0.25, 0.3) is 0 Å². The summed E-state index contributed by atoms with van der Waals surface area (Å²) in [6.45, 7) is 8.34. The van der Waals surface area contributed by atoms with Crippen LogP contribution in [0.25, 0.3) is 17.6 Å². The highest BCUT2D eigenvalue weighted by Crippen LogP contribution is 2.15. The van der Waals surface area contributed by atoms with Crippen LogP contribution in [0.1, 0.15) is 37.7 Å². The topological polar surface area (TPSA) is 47.9 Å². The van der Waals surface area contributed by atoms with Crippen molar-refractivity contribution in [2.75, 3.05) is 13.7 Å². The van der Waals surface area contributed by atoms with Crippen LogP contribution in [0.15, 0.2) is 30.5 Å². The van der Waals surface area contributed by atoms with Crippen molar-refractivity contribution in [2.45, 2.75) is 27.7 Å². The van der Waals surface area contributed by atoms with Gasteiger partial charge in [0.2, 0.25) is 0 Å². The van der Waals surface area contributed by atoms with E-state index in [9.17, 15) is 0 Å². The molecule has 4 heteroatoms. The van der Waals surface area contributed by atoms with Gasteiger partial charge in [-0.2, -0.15) is 0 Å². The minimum Gasteiger partial charge on any atom is -0.372 e. The van der Waals surface area contributed by atoms with Crippen molar-refractivity contribution in [3.63, 3.8) is 0 Å². The molecule has 0 N–H and O–H groups in total. The molecule has 2 rings (SSSR count). The lowest BCUT2D eigenvalue weighted by atomic mass is 10.2. The van der Waals surface area contributed by atoms with Crippen LogP contribution < -0.4 is 0 Å². The van der Waals surface area contributed by atoms with Gasteiger partial charge in [-0.3, -0.25) is 0 Å². The minimum atomic E-state index is 0.387. The van der Waals surface area contributed by atoms with Crippen molar-refractivity contribution in [3.05, 3.63) is 47.4 Å². The number of rotatable bonds is 3. The van der Waals surface area contributed by atoms with E-state index in [2.05, 4.69) is 26.8 Å². The Morgan fingerprint density at radius 2 is 2.00 bits per heavy atom. The van der Waals surface area contributed by atoms with Gasteiger partial charge in [0.15, 0.2) is 5.82 Å².